The molecule has 1 aliphatic heterocycles. The van der Waals surface area contributed by atoms with Crippen LogP contribution in [0.4, 0.5) is 4.39 Å². The number of fused-ring (bicyclic) bond motifs is 1. The maximum atomic E-state index is 14.2. The lowest BCUT2D eigenvalue weighted by atomic mass is 10.2. The zero-order valence-corrected chi connectivity index (χ0v) is 13.7. The third kappa shape index (κ3) is 2.66. The van der Waals surface area contributed by atoms with Crippen molar-refractivity contribution in [3.63, 3.8) is 0 Å². The van der Waals surface area contributed by atoms with Gasteiger partial charge < -0.3 is 10.3 Å². The third-order valence-electron chi connectivity index (χ3n) is 4.13. The van der Waals surface area contributed by atoms with E-state index in [4.69, 9.17) is 0 Å². The lowest BCUT2D eigenvalue weighted by molar-refractivity contribution is 0.245. The number of benzene rings is 1. The molecule has 6 nitrogen and oxygen atoms in total. The topological polar surface area (TPSA) is 82.3 Å². The molecule has 0 saturated carbocycles. The van der Waals surface area contributed by atoms with Crippen LogP contribution in [0.1, 0.15) is 13.8 Å². The van der Waals surface area contributed by atoms with Gasteiger partial charge in [0.25, 0.3) is 5.56 Å². The number of nitrogens with one attached hydrogen (secondary N) is 2. The van der Waals surface area contributed by atoms with Crippen LogP contribution in [0.2, 0.25) is 0 Å². The van der Waals surface area contributed by atoms with Crippen molar-refractivity contribution < 1.29 is 12.8 Å². The molecule has 0 amide bonds. The highest BCUT2D eigenvalue weighted by atomic mass is 32.2. The van der Waals surface area contributed by atoms with Gasteiger partial charge in [-0.05, 0) is 26.0 Å². The van der Waals surface area contributed by atoms with E-state index in [9.17, 15) is 17.6 Å². The maximum Gasteiger partial charge on any atom is 0.256 e. The Labute approximate surface area is 133 Å². The molecule has 1 aromatic carbocycles. The lowest BCUT2D eigenvalue weighted by Gasteiger charge is -2.36. The first-order valence-corrected chi connectivity index (χ1v) is 8.81. The van der Waals surface area contributed by atoms with Crippen LogP contribution < -0.4 is 10.9 Å². The zero-order valence-electron chi connectivity index (χ0n) is 12.8. The molecule has 2 aromatic rings. The largest absolute Gasteiger partial charge is 0.326 e. The summed E-state index contributed by atoms with van der Waals surface area (Å²) in [6.07, 6.45) is 0.896. The molecule has 3 rings (SSSR count). The number of piperazine rings is 1. The van der Waals surface area contributed by atoms with E-state index in [-0.39, 0.29) is 27.8 Å². The highest BCUT2D eigenvalue weighted by molar-refractivity contribution is 7.89. The summed E-state index contributed by atoms with van der Waals surface area (Å²) in [7, 11) is -3.91. The Hall–Kier alpha value is -1.77. The maximum absolute atomic E-state index is 14.2. The second-order valence-electron chi connectivity index (χ2n) is 5.88. The first kappa shape index (κ1) is 16.1. The van der Waals surface area contributed by atoms with Crippen LogP contribution in [0, 0.1) is 5.82 Å². The quantitative estimate of drug-likeness (QED) is 0.856. The summed E-state index contributed by atoms with van der Waals surface area (Å²) in [6, 6.07) is 3.97. The number of rotatable bonds is 2. The van der Waals surface area contributed by atoms with Crippen LogP contribution >= 0.6 is 0 Å². The SMILES string of the molecule is CC1CN(S(=O)(=O)c2cccc3c(=O)[nH]cc(F)c23)C(C)CN1. The monoisotopic (exact) mass is 339 g/mol. The minimum Gasteiger partial charge on any atom is -0.326 e. The van der Waals surface area contributed by atoms with Gasteiger partial charge in [-0.3, -0.25) is 4.79 Å². The molecular formula is C15H18FN3O3S. The van der Waals surface area contributed by atoms with E-state index in [0.717, 1.165) is 6.20 Å². The molecule has 1 saturated heterocycles. The fourth-order valence-corrected chi connectivity index (χ4v) is 4.85. The van der Waals surface area contributed by atoms with Crippen molar-refractivity contribution in [2.75, 3.05) is 13.1 Å². The Balaban J connectivity index is 2.23. The van der Waals surface area contributed by atoms with E-state index >= 15 is 0 Å². The molecule has 8 heteroatoms. The van der Waals surface area contributed by atoms with Gasteiger partial charge in [0, 0.05) is 36.8 Å². The van der Waals surface area contributed by atoms with Crippen molar-refractivity contribution in [3.05, 3.63) is 40.6 Å². The Morgan fingerprint density at radius 1 is 1.30 bits per heavy atom. The second kappa shape index (κ2) is 5.70. The van der Waals surface area contributed by atoms with Gasteiger partial charge in [0.2, 0.25) is 10.0 Å². The number of aromatic amines is 1. The highest BCUT2D eigenvalue weighted by Gasteiger charge is 2.35. The number of sulfonamides is 1. The summed E-state index contributed by atoms with van der Waals surface area (Å²) in [5.74, 6) is -0.755. The Bertz CT molecular complexity index is 910. The molecule has 23 heavy (non-hydrogen) atoms. The van der Waals surface area contributed by atoms with Crippen LogP contribution in [0.25, 0.3) is 10.8 Å². The molecule has 0 spiro atoms. The van der Waals surface area contributed by atoms with Crippen LogP contribution in [0.5, 0.6) is 0 Å². The van der Waals surface area contributed by atoms with Gasteiger partial charge in [0.1, 0.15) is 5.82 Å². The predicted octanol–water partition coefficient (Wildman–Crippen LogP) is 1.04. The molecule has 0 bridgehead atoms. The number of H-pyrrole nitrogens is 1. The predicted molar refractivity (Wildman–Crippen MR) is 85.3 cm³/mol. The molecule has 2 N–H and O–H groups in total. The fraction of sp³-hybridized carbons (Fsp3) is 0.400. The van der Waals surface area contributed by atoms with Gasteiger partial charge >= 0.3 is 0 Å². The zero-order chi connectivity index (χ0) is 16.8. The van der Waals surface area contributed by atoms with E-state index in [2.05, 4.69) is 10.3 Å². The number of hydrogen-bond donors (Lipinski definition) is 2. The van der Waals surface area contributed by atoms with E-state index in [0.29, 0.717) is 13.1 Å². The molecule has 1 fully saturated rings. The van der Waals surface area contributed by atoms with Crippen molar-refractivity contribution in [1.29, 1.82) is 0 Å². The number of pyridine rings is 1. The fourth-order valence-electron chi connectivity index (χ4n) is 2.91. The number of hydrogen-bond acceptors (Lipinski definition) is 4. The average molecular weight is 339 g/mol. The van der Waals surface area contributed by atoms with E-state index < -0.39 is 21.4 Å². The Morgan fingerprint density at radius 2 is 2.04 bits per heavy atom. The van der Waals surface area contributed by atoms with Gasteiger partial charge in [-0.15, -0.1) is 0 Å². The number of halogens is 1. The van der Waals surface area contributed by atoms with Crippen molar-refractivity contribution in [1.82, 2.24) is 14.6 Å². The van der Waals surface area contributed by atoms with Crippen LogP contribution in [-0.2, 0) is 10.0 Å². The molecule has 1 aliphatic rings. The van der Waals surface area contributed by atoms with Gasteiger partial charge in [0.15, 0.2) is 0 Å². The van der Waals surface area contributed by atoms with Gasteiger partial charge in [-0.25, -0.2) is 12.8 Å². The highest BCUT2D eigenvalue weighted by Crippen LogP contribution is 2.28. The van der Waals surface area contributed by atoms with Crippen molar-refractivity contribution in [2.24, 2.45) is 0 Å². The third-order valence-corrected chi connectivity index (χ3v) is 6.16. The molecule has 2 atom stereocenters. The summed E-state index contributed by atoms with van der Waals surface area (Å²) >= 11 is 0. The first-order chi connectivity index (χ1) is 10.8. The summed E-state index contributed by atoms with van der Waals surface area (Å²) in [5.41, 5.74) is -0.514. The van der Waals surface area contributed by atoms with Gasteiger partial charge in [0.05, 0.1) is 10.3 Å². The Morgan fingerprint density at radius 3 is 2.78 bits per heavy atom. The normalized spacial score (nSPS) is 23.3. The van der Waals surface area contributed by atoms with Crippen molar-refractivity contribution in [2.45, 2.75) is 30.8 Å². The lowest BCUT2D eigenvalue weighted by Crippen LogP contribution is -2.56. The summed E-state index contributed by atoms with van der Waals surface area (Å²) in [4.78, 5) is 14.0. The molecule has 1 aromatic heterocycles. The molecule has 2 unspecified atom stereocenters. The Kier molecular flexibility index (Phi) is 3.99. The molecular weight excluding hydrogens is 321 g/mol. The molecule has 0 aliphatic carbocycles. The van der Waals surface area contributed by atoms with Crippen molar-refractivity contribution >= 4 is 20.8 Å². The summed E-state index contributed by atoms with van der Waals surface area (Å²) in [5, 5.41) is 3.08. The van der Waals surface area contributed by atoms with E-state index in [1.54, 1.807) is 6.92 Å². The molecule has 2 heterocycles. The summed E-state index contributed by atoms with van der Waals surface area (Å²) in [6.45, 7) is 4.51. The average Bonchev–Trinajstić information content (AvgIpc) is 2.52. The standard InChI is InChI=1S/C15H18FN3O3S/c1-9-8-19(10(2)6-17-9)23(21,22)13-5-3-4-11-14(13)12(16)7-18-15(11)20/h3-5,7,9-10,17H,6,8H2,1-2H3,(H,18,20). The van der Waals surface area contributed by atoms with Crippen molar-refractivity contribution in [3.8, 4) is 0 Å². The number of aromatic nitrogens is 1. The summed E-state index contributed by atoms with van der Waals surface area (Å²) < 4.78 is 41.7. The molecule has 0 radical (unpaired) electrons. The van der Waals surface area contributed by atoms with Crippen LogP contribution in [0.15, 0.2) is 34.1 Å². The first-order valence-electron chi connectivity index (χ1n) is 7.37. The van der Waals surface area contributed by atoms with Crippen LogP contribution in [0.3, 0.4) is 0 Å². The van der Waals surface area contributed by atoms with E-state index in [1.807, 2.05) is 6.92 Å². The minimum absolute atomic E-state index is 0.00389. The van der Waals surface area contributed by atoms with Crippen LogP contribution in [-0.4, -0.2) is 42.9 Å². The van der Waals surface area contributed by atoms with Gasteiger partial charge in [-0.1, -0.05) is 6.07 Å². The number of nitrogens with zero attached hydrogens (tertiary/aromatic N) is 1. The minimum atomic E-state index is -3.91. The smallest absolute Gasteiger partial charge is 0.256 e. The van der Waals surface area contributed by atoms with E-state index in [1.165, 1.54) is 22.5 Å². The molecule has 124 valence electrons. The van der Waals surface area contributed by atoms with Gasteiger partial charge in [-0.2, -0.15) is 4.31 Å². The second-order valence-corrected chi connectivity index (χ2v) is 7.74.